The largest absolute Gasteiger partial charge is 0.469 e. The Morgan fingerprint density at radius 1 is 0.818 bits per heavy atom. The number of allylic oxidation sites excluding steroid dienone is 3. The highest BCUT2D eigenvalue weighted by atomic mass is 16.6. The van der Waals surface area contributed by atoms with Crippen LogP contribution in [0.4, 0.5) is 4.79 Å². The summed E-state index contributed by atoms with van der Waals surface area (Å²) in [6.45, 7) is 18.0. The van der Waals surface area contributed by atoms with Gasteiger partial charge in [-0.2, -0.15) is 0 Å². The Morgan fingerprint density at radius 3 is 1.93 bits per heavy atom. The first-order chi connectivity index (χ1) is 20.4. The van der Waals surface area contributed by atoms with Crippen LogP contribution in [0.25, 0.3) is 0 Å². The van der Waals surface area contributed by atoms with E-state index in [-0.39, 0.29) is 30.1 Å². The molecule has 7 N–H and O–H groups in total. The number of methoxy groups -OCH3 is 1. The minimum absolute atomic E-state index is 0.0483. The third-order valence-electron chi connectivity index (χ3n) is 8.58. The quantitative estimate of drug-likeness (QED) is 0.0664. The highest BCUT2D eigenvalue weighted by molar-refractivity contribution is 5.72. The third-order valence-corrected chi connectivity index (χ3v) is 8.58. The van der Waals surface area contributed by atoms with Crippen LogP contribution < -0.4 is 5.73 Å². The predicted octanol–water partition coefficient (Wildman–Crippen LogP) is 3.91. The first-order valence-electron chi connectivity index (χ1n) is 15.5. The number of nitrogens with two attached hydrogens (primary N) is 1. The lowest BCUT2D eigenvalue weighted by atomic mass is 9.81. The van der Waals surface area contributed by atoms with Crippen LogP contribution in [0.2, 0.25) is 0 Å². The molecule has 0 aromatic rings. The Balaban J connectivity index is 5.22. The molecule has 0 aromatic carbocycles. The number of rotatable bonds is 20. The van der Waals surface area contributed by atoms with Crippen LogP contribution in [0.15, 0.2) is 48.6 Å². The molecule has 0 aliphatic carbocycles. The zero-order chi connectivity index (χ0) is 34.3. The van der Waals surface area contributed by atoms with Gasteiger partial charge in [-0.15, -0.1) is 0 Å². The molecule has 0 unspecified atom stereocenters. The van der Waals surface area contributed by atoms with Crippen molar-refractivity contribution in [2.45, 2.75) is 105 Å². The molecular formula is C34H59NO9. The lowest BCUT2D eigenvalue weighted by Crippen LogP contribution is -2.41. The van der Waals surface area contributed by atoms with Gasteiger partial charge in [0.05, 0.1) is 43.5 Å². The predicted molar refractivity (Wildman–Crippen MR) is 172 cm³/mol. The van der Waals surface area contributed by atoms with Crippen LogP contribution in [0.5, 0.6) is 0 Å². The van der Waals surface area contributed by atoms with Gasteiger partial charge in [0.25, 0.3) is 0 Å². The minimum Gasteiger partial charge on any atom is -0.469 e. The van der Waals surface area contributed by atoms with Gasteiger partial charge in [0.2, 0.25) is 0 Å². The Labute approximate surface area is 264 Å². The van der Waals surface area contributed by atoms with Crippen molar-refractivity contribution in [3.63, 3.8) is 0 Å². The topological polar surface area (TPSA) is 180 Å². The van der Waals surface area contributed by atoms with Gasteiger partial charge in [-0.25, -0.2) is 4.79 Å². The summed E-state index contributed by atoms with van der Waals surface area (Å²) < 4.78 is 10.0. The Morgan fingerprint density at radius 2 is 1.41 bits per heavy atom. The molecule has 13 atom stereocenters. The third kappa shape index (κ3) is 14.1. The molecule has 0 saturated carbocycles. The van der Waals surface area contributed by atoms with Crippen LogP contribution in [0, 0.1) is 41.4 Å². The zero-order valence-corrected chi connectivity index (χ0v) is 28.0. The number of hydrogen-bond acceptors (Lipinski definition) is 9. The van der Waals surface area contributed by atoms with Crippen molar-refractivity contribution in [1.82, 2.24) is 0 Å². The van der Waals surface area contributed by atoms with E-state index in [0.717, 1.165) is 5.57 Å². The molecule has 0 spiro atoms. The summed E-state index contributed by atoms with van der Waals surface area (Å²) in [5.74, 6) is -3.37. The van der Waals surface area contributed by atoms with E-state index < -0.39 is 66.4 Å². The minimum atomic E-state index is -1.13. The number of aliphatic hydroxyl groups excluding tert-OH is 5. The molecule has 0 saturated heterocycles. The van der Waals surface area contributed by atoms with Crippen LogP contribution >= 0.6 is 0 Å². The van der Waals surface area contributed by atoms with Crippen LogP contribution in [-0.4, -0.2) is 81.3 Å². The molecule has 0 fully saturated rings. The average Bonchev–Trinajstić information content (AvgIpc) is 2.97. The van der Waals surface area contributed by atoms with E-state index in [1.54, 1.807) is 25.2 Å². The molecule has 0 heterocycles. The summed E-state index contributed by atoms with van der Waals surface area (Å²) >= 11 is 0. The molecule has 0 aliphatic heterocycles. The molecular weight excluding hydrogens is 566 g/mol. The lowest BCUT2D eigenvalue weighted by Gasteiger charge is -2.33. The monoisotopic (exact) mass is 625 g/mol. The Bertz CT molecular complexity index is 964. The van der Waals surface area contributed by atoms with Gasteiger partial charge in [0, 0.05) is 36.0 Å². The van der Waals surface area contributed by atoms with E-state index in [1.807, 2.05) is 53.7 Å². The van der Waals surface area contributed by atoms with E-state index >= 15 is 0 Å². The van der Waals surface area contributed by atoms with Crippen molar-refractivity contribution < 1.29 is 44.6 Å². The maximum absolute atomic E-state index is 11.7. The lowest BCUT2D eigenvalue weighted by molar-refractivity contribution is -0.151. The number of primary amides is 1. The fraction of sp³-hybridized carbons (Fsp3) is 0.706. The zero-order valence-electron chi connectivity index (χ0n) is 28.0. The first-order valence-corrected chi connectivity index (χ1v) is 15.5. The second-order valence-corrected chi connectivity index (χ2v) is 12.6. The van der Waals surface area contributed by atoms with Crippen molar-refractivity contribution in [1.29, 1.82) is 0 Å². The Hall–Kier alpha value is -2.50. The summed E-state index contributed by atoms with van der Waals surface area (Å²) in [5, 5.41) is 53.3. The molecule has 44 heavy (non-hydrogen) atoms. The van der Waals surface area contributed by atoms with Gasteiger partial charge in [-0.05, 0) is 26.2 Å². The number of carbonyl (C=O) groups excluding carboxylic acids is 2. The summed E-state index contributed by atoms with van der Waals surface area (Å²) in [7, 11) is 1.23. The summed E-state index contributed by atoms with van der Waals surface area (Å²) in [6.07, 6.45) is 4.62. The van der Waals surface area contributed by atoms with E-state index in [2.05, 4.69) is 11.3 Å². The second-order valence-electron chi connectivity index (χ2n) is 12.6. The van der Waals surface area contributed by atoms with E-state index in [9.17, 15) is 35.1 Å². The highest BCUT2D eigenvalue weighted by Crippen LogP contribution is 2.29. The van der Waals surface area contributed by atoms with Crippen molar-refractivity contribution in [3.8, 4) is 0 Å². The van der Waals surface area contributed by atoms with Crippen LogP contribution in [0.3, 0.4) is 0 Å². The van der Waals surface area contributed by atoms with Crippen molar-refractivity contribution in [3.05, 3.63) is 48.6 Å². The molecule has 0 bridgehead atoms. The maximum Gasteiger partial charge on any atom is 0.404 e. The molecule has 0 rings (SSSR count). The average molecular weight is 626 g/mol. The summed E-state index contributed by atoms with van der Waals surface area (Å²) in [4.78, 5) is 23.2. The standard InChI is InChI=1S/C34H59NO9/c1-11-12-13-21(4)32(44-34(35)42)25(8)30(39)23(6)17-19(2)16-22(5)29(38)20(3)14-15-27(36)18-28(37)24(7)31(40)26(9)33(41)43-10/h11-16,20-32,36-40H,1,17-18H2,2-10H3,(H2,35,42)/t20-,21-,22-,23-,24-,25-,26+,27+,28-,29-,30+,31-,32-/m0/s1. The molecule has 0 radical (unpaired) electrons. The fourth-order valence-corrected chi connectivity index (χ4v) is 5.59. The summed E-state index contributed by atoms with van der Waals surface area (Å²) in [5.41, 5.74) is 6.28. The molecule has 254 valence electrons. The maximum atomic E-state index is 11.7. The fourth-order valence-electron chi connectivity index (χ4n) is 5.59. The van der Waals surface area contributed by atoms with Crippen LogP contribution in [0.1, 0.15) is 68.2 Å². The van der Waals surface area contributed by atoms with Crippen molar-refractivity contribution in [2.24, 2.45) is 47.2 Å². The molecule has 10 heteroatoms. The van der Waals surface area contributed by atoms with Gasteiger partial charge >= 0.3 is 12.1 Å². The van der Waals surface area contributed by atoms with Gasteiger partial charge in [-0.3, -0.25) is 4.79 Å². The number of amides is 1. The van der Waals surface area contributed by atoms with Crippen molar-refractivity contribution in [2.75, 3.05) is 7.11 Å². The normalized spacial score (nSPS) is 21.6. The number of esters is 1. The first kappa shape index (κ1) is 41.5. The van der Waals surface area contributed by atoms with Gasteiger partial charge in [0.15, 0.2) is 0 Å². The van der Waals surface area contributed by atoms with Gasteiger partial charge in [-0.1, -0.05) is 90.2 Å². The number of ether oxygens (including phenoxy) is 2. The number of carbonyl (C=O) groups is 2. The van der Waals surface area contributed by atoms with E-state index in [1.165, 1.54) is 20.1 Å². The van der Waals surface area contributed by atoms with E-state index in [0.29, 0.717) is 6.42 Å². The van der Waals surface area contributed by atoms with Crippen molar-refractivity contribution >= 4 is 12.1 Å². The van der Waals surface area contributed by atoms with Crippen LogP contribution in [-0.2, 0) is 14.3 Å². The number of hydrogen-bond donors (Lipinski definition) is 6. The number of aliphatic hydroxyl groups is 5. The SMILES string of the molecule is C=CC=C[C@H](C)[C@H](OC(N)=O)[C@@H](C)[C@H](O)[C@@H](C)CC(C)=C[C@H](C)[C@@H](O)[C@@H](C)C=C[C@@H](O)C[C@H](O)[C@H](C)[C@H](O)[C@@H](C)C(=O)OC. The molecule has 0 aromatic heterocycles. The molecule has 1 amide bonds. The molecule has 10 nitrogen and oxygen atoms in total. The smallest absolute Gasteiger partial charge is 0.404 e. The molecule has 0 aliphatic rings. The van der Waals surface area contributed by atoms with Gasteiger partial charge in [0.1, 0.15) is 6.10 Å². The van der Waals surface area contributed by atoms with Gasteiger partial charge < -0.3 is 40.7 Å². The highest BCUT2D eigenvalue weighted by Gasteiger charge is 2.34. The second kappa shape index (κ2) is 20.5. The Kier molecular flexibility index (Phi) is 19.3. The summed E-state index contributed by atoms with van der Waals surface area (Å²) in [6, 6.07) is 0. The van der Waals surface area contributed by atoms with E-state index in [4.69, 9.17) is 10.5 Å².